The highest BCUT2D eigenvalue weighted by Gasteiger charge is 2.16. The third-order valence-corrected chi connectivity index (χ3v) is 2.39. The number of carbonyl (C=O) groups excluding carboxylic acids is 1. The monoisotopic (exact) mass is 409 g/mol. The molecule has 0 aromatic carbocycles. The van der Waals surface area contributed by atoms with Gasteiger partial charge in [-0.15, -0.1) is 24.0 Å². The minimum absolute atomic E-state index is 0. The summed E-state index contributed by atoms with van der Waals surface area (Å²) in [5.41, 5.74) is 0.536. The molecule has 0 aliphatic carbocycles. The molecule has 0 saturated heterocycles. The molecule has 21 heavy (non-hydrogen) atoms. The molecule has 0 unspecified atom stereocenters. The van der Waals surface area contributed by atoms with Crippen molar-refractivity contribution in [2.24, 2.45) is 4.99 Å². The van der Waals surface area contributed by atoms with Crippen molar-refractivity contribution in [2.45, 2.75) is 32.9 Å². The average molecular weight is 409 g/mol. The van der Waals surface area contributed by atoms with Crippen molar-refractivity contribution in [1.82, 2.24) is 20.7 Å². The lowest BCUT2D eigenvalue weighted by Crippen LogP contribution is -2.48. The third kappa shape index (κ3) is 7.88. The topological polar surface area (TPSA) is 82.8 Å². The first-order chi connectivity index (χ1) is 9.31. The van der Waals surface area contributed by atoms with Crippen LogP contribution in [-0.2, 0) is 11.3 Å². The second-order valence-electron chi connectivity index (χ2n) is 5.55. The van der Waals surface area contributed by atoms with E-state index in [2.05, 4.69) is 20.8 Å². The molecule has 1 aromatic heterocycles. The Labute approximate surface area is 142 Å². The number of likely N-dealkylation sites (N-methyl/N-ethyl adjacent to an activating group) is 1. The fraction of sp³-hybridized carbons (Fsp3) is 0.615. The molecular formula is C13H24IN5O2. The van der Waals surface area contributed by atoms with Crippen LogP contribution in [0.4, 0.5) is 0 Å². The van der Waals surface area contributed by atoms with E-state index in [9.17, 15) is 4.79 Å². The van der Waals surface area contributed by atoms with Gasteiger partial charge in [-0.1, -0.05) is 5.16 Å². The smallest absolute Gasteiger partial charge is 0.240 e. The number of amides is 1. The number of guanidine groups is 1. The Morgan fingerprint density at radius 3 is 2.62 bits per heavy atom. The van der Waals surface area contributed by atoms with Crippen molar-refractivity contribution in [3.8, 4) is 0 Å². The molecule has 2 N–H and O–H groups in total. The Morgan fingerprint density at radius 1 is 1.48 bits per heavy atom. The Morgan fingerprint density at radius 2 is 2.14 bits per heavy atom. The molecule has 120 valence electrons. The lowest BCUT2D eigenvalue weighted by Gasteiger charge is -2.25. The fourth-order valence-electron chi connectivity index (χ4n) is 1.63. The third-order valence-electron chi connectivity index (χ3n) is 2.39. The van der Waals surface area contributed by atoms with Gasteiger partial charge >= 0.3 is 0 Å². The molecule has 1 amide bonds. The maximum Gasteiger partial charge on any atom is 0.240 e. The molecule has 0 spiro atoms. The number of nitrogens with one attached hydrogen (secondary N) is 2. The zero-order valence-corrected chi connectivity index (χ0v) is 15.5. The van der Waals surface area contributed by atoms with Gasteiger partial charge in [0.25, 0.3) is 0 Å². The molecule has 0 saturated carbocycles. The van der Waals surface area contributed by atoms with E-state index in [4.69, 9.17) is 4.52 Å². The predicted octanol–water partition coefficient (Wildman–Crippen LogP) is 1.21. The van der Waals surface area contributed by atoms with Gasteiger partial charge in [-0.3, -0.25) is 9.79 Å². The first kappa shape index (κ1) is 19.7. The van der Waals surface area contributed by atoms with Crippen molar-refractivity contribution in [3.05, 3.63) is 18.0 Å². The molecule has 7 nitrogen and oxygen atoms in total. The highest BCUT2D eigenvalue weighted by molar-refractivity contribution is 14.0. The maximum absolute atomic E-state index is 11.9. The first-order valence-electron chi connectivity index (χ1n) is 6.44. The summed E-state index contributed by atoms with van der Waals surface area (Å²) in [7, 11) is 3.48. The van der Waals surface area contributed by atoms with E-state index < -0.39 is 0 Å². The van der Waals surface area contributed by atoms with Gasteiger partial charge < -0.3 is 20.1 Å². The van der Waals surface area contributed by atoms with Gasteiger partial charge in [0, 0.05) is 25.7 Å². The largest absolute Gasteiger partial charge is 0.364 e. The minimum atomic E-state index is -0.240. The summed E-state index contributed by atoms with van der Waals surface area (Å²) in [6, 6.07) is 1.77. The molecule has 8 heteroatoms. The maximum atomic E-state index is 11.9. The normalized spacial score (nSPS) is 11.6. The summed E-state index contributed by atoms with van der Waals surface area (Å²) in [5, 5.41) is 9.82. The summed E-state index contributed by atoms with van der Waals surface area (Å²) in [6.45, 7) is 6.57. The van der Waals surface area contributed by atoms with E-state index in [1.807, 2.05) is 20.8 Å². The molecule has 0 aliphatic rings. The van der Waals surface area contributed by atoms with Crippen LogP contribution in [0.2, 0.25) is 0 Å². The van der Waals surface area contributed by atoms with Crippen LogP contribution in [0, 0.1) is 0 Å². The van der Waals surface area contributed by atoms with E-state index in [0.717, 1.165) is 5.69 Å². The van der Waals surface area contributed by atoms with E-state index >= 15 is 0 Å². The predicted molar refractivity (Wildman–Crippen MR) is 92.6 cm³/mol. The molecule has 1 heterocycles. The van der Waals surface area contributed by atoms with Crippen LogP contribution in [0.5, 0.6) is 0 Å². The Hall–Kier alpha value is -1.32. The highest BCUT2D eigenvalue weighted by atomic mass is 127. The van der Waals surface area contributed by atoms with Crippen molar-refractivity contribution in [2.75, 3.05) is 20.6 Å². The quantitative estimate of drug-likeness (QED) is 0.444. The van der Waals surface area contributed by atoms with E-state index in [1.54, 1.807) is 25.1 Å². The SMILES string of the molecule is CN=C(NCc1ccon1)N(C)CC(=O)NC(C)(C)C.I. The molecule has 0 atom stereocenters. The Bertz CT molecular complexity index is 454. The van der Waals surface area contributed by atoms with Gasteiger partial charge in [0.2, 0.25) is 5.91 Å². The zero-order valence-electron chi connectivity index (χ0n) is 13.1. The van der Waals surface area contributed by atoms with Crippen LogP contribution < -0.4 is 10.6 Å². The van der Waals surface area contributed by atoms with Gasteiger partial charge in [-0.2, -0.15) is 0 Å². The van der Waals surface area contributed by atoms with E-state index in [1.165, 1.54) is 6.26 Å². The molecule has 0 aliphatic heterocycles. The molecule has 0 fully saturated rings. The number of nitrogens with zero attached hydrogens (tertiary/aromatic N) is 3. The molecule has 1 aromatic rings. The fourth-order valence-corrected chi connectivity index (χ4v) is 1.63. The lowest BCUT2D eigenvalue weighted by molar-refractivity contribution is -0.122. The summed E-state index contributed by atoms with van der Waals surface area (Å²) in [5.74, 6) is 0.571. The van der Waals surface area contributed by atoms with Crippen molar-refractivity contribution >= 4 is 35.8 Å². The zero-order chi connectivity index (χ0) is 15.2. The van der Waals surface area contributed by atoms with Gasteiger partial charge in [-0.05, 0) is 20.8 Å². The van der Waals surface area contributed by atoms with Crippen molar-refractivity contribution in [3.63, 3.8) is 0 Å². The van der Waals surface area contributed by atoms with Crippen molar-refractivity contribution < 1.29 is 9.32 Å². The standard InChI is InChI=1S/C13H23N5O2.HI/c1-13(2,3)16-11(19)9-18(5)12(14-4)15-8-10-6-7-20-17-10;/h6-7H,8-9H2,1-5H3,(H,14,15)(H,16,19);1H. The Kier molecular flexibility index (Phi) is 8.30. The van der Waals surface area contributed by atoms with Crippen LogP contribution in [0.1, 0.15) is 26.5 Å². The highest BCUT2D eigenvalue weighted by Crippen LogP contribution is 1.99. The molecule has 0 bridgehead atoms. The van der Waals surface area contributed by atoms with Crippen LogP contribution in [0.15, 0.2) is 21.8 Å². The Balaban J connectivity index is 0.00000400. The number of aromatic nitrogens is 1. The van der Waals surface area contributed by atoms with Crippen LogP contribution >= 0.6 is 24.0 Å². The second-order valence-corrected chi connectivity index (χ2v) is 5.55. The van der Waals surface area contributed by atoms with Gasteiger partial charge in [-0.25, -0.2) is 0 Å². The first-order valence-corrected chi connectivity index (χ1v) is 6.44. The number of hydrogen-bond acceptors (Lipinski definition) is 4. The number of halogens is 1. The summed E-state index contributed by atoms with van der Waals surface area (Å²) >= 11 is 0. The van der Waals surface area contributed by atoms with Crippen molar-refractivity contribution in [1.29, 1.82) is 0 Å². The van der Waals surface area contributed by atoms with E-state index in [0.29, 0.717) is 12.5 Å². The number of aliphatic imine (C=N–C) groups is 1. The second kappa shape index (κ2) is 8.85. The number of rotatable bonds is 4. The van der Waals surface area contributed by atoms with E-state index in [-0.39, 0.29) is 42.0 Å². The average Bonchev–Trinajstić information content (AvgIpc) is 2.79. The van der Waals surface area contributed by atoms with Crippen LogP contribution in [0.3, 0.4) is 0 Å². The minimum Gasteiger partial charge on any atom is -0.364 e. The summed E-state index contributed by atoms with van der Waals surface area (Å²) in [6.07, 6.45) is 1.51. The molecule has 0 radical (unpaired) electrons. The van der Waals surface area contributed by atoms with Crippen LogP contribution in [-0.4, -0.2) is 48.1 Å². The van der Waals surface area contributed by atoms with Crippen LogP contribution in [0.25, 0.3) is 0 Å². The lowest BCUT2D eigenvalue weighted by atomic mass is 10.1. The summed E-state index contributed by atoms with van der Waals surface area (Å²) < 4.78 is 4.75. The molecular weight excluding hydrogens is 385 g/mol. The van der Waals surface area contributed by atoms with Gasteiger partial charge in [0.05, 0.1) is 13.1 Å². The number of carbonyl (C=O) groups is 1. The molecule has 1 rings (SSSR count). The van der Waals surface area contributed by atoms with Gasteiger partial charge in [0.1, 0.15) is 12.0 Å². The number of hydrogen-bond donors (Lipinski definition) is 2. The summed E-state index contributed by atoms with van der Waals surface area (Å²) in [4.78, 5) is 17.7. The van der Waals surface area contributed by atoms with Gasteiger partial charge in [0.15, 0.2) is 5.96 Å².